The van der Waals surface area contributed by atoms with Crippen molar-refractivity contribution in [3.8, 4) is 5.88 Å². The van der Waals surface area contributed by atoms with Gasteiger partial charge in [0.25, 0.3) is 0 Å². The Bertz CT molecular complexity index is 1660. The first-order chi connectivity index (χ1) is 19.6. The molecule has 10 nitrogen and oxygen atoms in total. The van der Waals surface area contributed by atoms with Gasteiger partial charge >= 0.3 is 7.60 Å². The number of aliphatic imine (C=N–C) groups is 1. The van der Waals surface area contributed by atoms with Gasteiger partial charge < -0.3 is 24.5 Å². The lowest BCUT2D eigenvalue weighted by Gasteiger charge is -2.22. The first-order valence-corrected chi connectivity index (χ1v) is 16.6. The quantitative estimate of drug-likeness (QED) is 0.147. The molecule has 3 aromatic carbocycles. The Labute approximate surface area is 240 Å². The zero-order valence-corrected chi connectivity index (χ0v) is 25.2. The van der Waals surface area contributed by atoms with Gasteiger partial charge in [-0.25, -0.2) is 13.4 Å². The van der Waals surface area contributed by atoms with E-state index in [9.17, 15) is 18.1 Å². The summed E-state index contributed by atoms with van der Waals surface area (Å²) in [6.45, 7) is 4.69. The van der Waals surface area contributed by atoms with Gasteiger partial charge in [0.15, 0.2) is 5.88 Å². The van der Waals surface area contributed by atoms with Crippen LogP contribution in [0.15, 0.2) is 77.8 Å². The van der Waals surface area contributed by atoms with E-state index in [1.807, 2.05) is 30.3 Å². The number of likely N-dealkylation sites (N-methyl/N-ethyl adjacent to an activating group) is 1. The maximum atomic E-state index is 13.5. The average Bonchev–Trinajstić information content (AvgIpc) is 3.27. The highest BCUT2D eigenvalue weighted by molar-refractivity contribution is 7.92. The summed E-state index contributed by atoms with van der Waals surface area (Å²) in [6, 6.07) is 21.3. The van der Waals surface area contributed by atoms with Gasteiger partial charge in [0.05, 0.1) is 47.4 Å². The van der Waals surface area contributed by atoms with E-state index in [1.165, 1.54) is 10.6 Å². The van der Waals surface area contributed by atoms with Crippen LogP contribution < -0.4 is 14.9 Å². The summed E-state index contributed by atoms with van der Waals surface area (Å²) in [5, 5.41) is 15.0. The first kappa shape index (κ1) is 30.5. The van der Waals surface area contributed by atoms with Crippen LogP contribution in [0, 0.1) is 0 Å². The van der Waals surface area contributed by atoms with Crippen LogP contribution in [-0.4, -0.2) is 63.8 Å². The number of hydrogen-bond acceptors (Lipinski definition) is 8. The number of fused-ring (bicyclic) bond motifs is 1. The fraction of sp³-hybridized carbons (Fsp3) is 0.276. The number of aromatic amines is 1. The van der Waals surface area contributed by atoms with Crippen molar-refractivity contribution in [1.29, 1.82) is 0 Å². The molecule has 0 saturated carbocycles. The van der Waals surface area contributed by atoms with Crippen LogP contribution in [0.4, 0.5) is 11.4 Å². The summed E-state index contributed by atoms with van der Waals surface area (Å²) in [6.07, 6.45) is 1.17. The Balaban J connectivity index is 1.86. The van der Waals surface area contributed by atoms with Crippen LogP contribution >= 0.6 is 7.60 Å². The third-order valence-electron chi connectivity index (χ3n) is 6.30. The lowest BCUT2D eigenvalue weighted by Crippen LogP contribution is -2.35. The van der Waals surface area contributed by atoms with Crippen molar-refractivity contribution >= 4 is 50.9 Å². The lowest BCUT2D eigenvalue weighted by molar-refractivity contribution is 0.230. The minimum Gasteiger partial charge on any atom is -0.494 e. The highest BCUT2D eigenvalue weighted by Crippen LogP contribution is 2.47. The van der Waals surface area contributed by atoms with Crippen LogP contribution in [0.25, 0.3) is 10.9 Å². The Morgan fingerprint density at radius 2 is 1.68 bits per heavy atom. The van der Waals surface area contributed by atoms with Gasteiger partial charge in [0, 0.05) is 29.6 Å². The molecule has 0 unspecified atom stereocenters. The van der Waals surface area contributed by atoms with Crippen molar-refractivity contribution in [2.45, 2.75) is 13.8 Å². The second-order valence-corrected chi connectivity index (χ2v) is 13.1. The van der Waals surface area contributed by atoms with E-state index < -0.39 is 17.6 Å². The van der Waals surface area contributed by atoms with E-state index in [0.29, 0.717) is 45.4 Å². The molecule has 0 amide bonds. The summed E-state index contributed by atoms with van der Waals surface area (Å²) < 4.78 is 50.7. The third kappa shape index (κ3) is 6.89. The van der Waals surface area contributed by atoms with Crippen molar-refractivity contribution in [2.24, 2.45) is 4.99 Å². The number of benzene rings is 3. The normalized spacial score (nSPS) is 12.6. The predicted molar refractivity (Wildman–Crippen MR) is 165 cm³/mol. The van der Waals surface area contributed by atoms with Crippen molar-refractivity contribution in [1.82, 2.24) is 10.3 Å². The first-order valence-electron chi connectivity index (χ1n) is 13.2. The molecule has 3 N–H and O–H groups in total. The molecule has 218 valence electrons. The zero-order chi connectivity index (χ0) is 29.6. The molecule has 0 aliphatic heterocycles. The Morgan fingerprint density at radius 1 is 1.02 bits per heavy atom. The minimum atomic E-state index is -3.59. The maximum absolute atomic E-state index is 13.5. The van der Waals surface area contributed by atoms with E-state index in [4.69, 9.17) is 14.0 Å². The molecule has 4 aromatic rings. The molecule has 0 aliphatic carbocycles. The molecule has 1 aromatic heterocycles. The molecule has 0 spiro atoms. The molecule has 0 fully saturated rings. The summed E-state index contributed by atoms with van der Waals surface area (Å²) in [5.74, 6) is -0.102. The lowest BCUT2D eigenvalue weighted by atomic mass is 10.0. The van der Waals surface area contributed by atoms with Gasteiger partial charge in [0.2, 0.25) is 10.0 Å². The van der Waals surface area contributed by atoms with Crippen molar-refractivity contribution in [3.63, 3.8) is 0 Å². The van der Waals surface area contributed by atoms with Gasteiger partial charge in [-0.2, -0.15) is 0 Å². The van der Waals surface area contributed by atoms with Crippen molar-refractivity contribution in [3.05, 3.63) is 83.9 Å². The molecule has 4 rings (SSSR count). The van der Waals surface area contributed by atoms with Crippen molar-refractivity contribution in [2.75, 3.05) is 43.9 Å². The fourth-order valence-corrected chi connectivity index (χ4v) is 7.01. The molecule has 41 heavy (non-hydrogen) atoms. The predicted octanol–water partition coefficient (Wildman–Crippen LogP) is 4.92. The second kappa shape index (κ2) is 13.0. The number of hydrogen-bond donors (Lipinski definition) is 3. The summed E-state index contributed by atoms with van der Waals surface area (Å²) in [7, 11) is -5.31. The van der Waals surface area contributed by atoms with E-state index in [2.05, 4.69) is 10.3 Å². The average molecular weight is 599 g/mol. The minimum absolute atomic E-state index is 0.102. The van der Waals surface area contributed by atoms with Gasteiger partial charge in [-0.05, 0) is 63.4 Å². The van der Waals surface area contributed by atoms with Crippen molar-refractivity contribution < 1.29 is 27.1 Å². The van der Waals surface area contributed by atoms with E-state index in [1.54, 1.807) is 63.4 Å². The third-order valence-corrected chi connectivity index (χ3v) is 9.61. The molecule has 0 radical (unpaired) electrons. The molecule has 0 atom stereocenters. The molecule has 0 bridgehead atoms. The molecule has 0 saturated heterocycles. The SMILES string of the molecule is CCOP(=O)(OCC)c1ccc2[nH]c(O)c(C(=Nc3ccc(N(CCNC)S(C)(=O)=O)cc3)c3ccccc3)c2c1. The zero-order valence-electron chi connectivity index (χ0n) is 23.5. The maximum Gasteiger partial charge on any atom is 0.361 e. The van der Waals surface area contributed by atoms with Gasteiger partial charge in [-0.3, -0.25) is 8.87 Å². The van der Waals surface area contributed by atoms with Crippen LogP contribution in [0.3, 0.4) is 0 Å². The molecular weight excluding hydrogens is 563 g/mol. The number of H-pyrrole nitrogens is 1. The highest BCUT2D eigenvalue weighted by atomic mass is 32.2. The van der Waals surface area contributed by atoms with Crippen LogP contribution in [0.2, 0.25) is 0 Å². The number of anilines is 1. The number of rotatable bonds is 13. The standard InChI is InChI=1S/C29H35N4O6PS/c1-5-38-40(35,39-6-2)24-16-17-26-25(20-24)27(29(34)32-26)28(21-10-8-7-9-11-21)31-22-12-14-23(15-13-22)33(19-18-30-3)41(4,36)37/h7-17,20,30,32,34H,5-6,18-19H2,1-4H3. The molecule has 0 aliphatic rings. The monoisotopic (exact) mass is 598 g/mol. The van der Waals surface area contributed by atoms with Gasteiger partial charge in [0.1, 0.15) is 0 Å². The highest BCUT2D eigenvalue weighted by Gasteiger charge is 2.28. The van der Waals surface area contributed by atoms with E-state index in [-0.39, 0.29) is 25.6 Å². The number of aromatic hydroxyl groups is 1. The largest absolute Gasteiger partial charge is 0.494 e. The van der Waals surface area contributed by atoms with E-state index >= 15 is 0 Å². The van der Waals surface area contributed by atoms with Gasteiger partial charge in [-0.15, -0.1) is 0 Å². The Morgan fingerprint density at radius 3 is 2.27 bits per heavy atom. The van der Waals surface area contributed by atoms with Gasteiger partial charge in [-0.1, -0.05) is 30.3 Å². The molecular formula is C29H35N4O6PS. The summed E-state index contributed by atoms with van der Waals surface area (Å²) in [5.41, 5.74) is 3.32. The fourth-order valence-electron chi connectivity index (χ4n) is 4.49. The number of nitrogens with zero attached hydrogens (tertiary/aromatic N) is 2. The summed E-state index contributed by atoms with van der Waals surface area (Å²) in [4.78, 5) is 7.89. The number of sulfonamides is 1. The van der Waals surface area contributed by atoms with Crippen LogP contribution in [-0.2, 0) is 23.6 Å². The number of nitrogens with one attached hydrogen (secondary N) is 2. The van der Waals surface area contributed by atoms with Crippen LogP contribution in [0.1, 0.15) is 25.0 Å². The Hall–Kier alpha value is -3.47. The topological polar surface area (TPSA) is 133 Å². The Kier molecular flexibility index (Phi) is 9.68. The smallest absolute Gasteiger partial charge is 0.361 e. The van der Waals surface area contributed by atoms with Crippen LogP contribution in [0.5, 0.6) is 5.88 Å². The molecule has 12 heteroatoms. The number of aromatic nitrogens is 1. The molecule has 1 heterocycles. The summed E-state index contributed by atoms with van der Waals surface area (Å²) >= 11 is 0. The second-order valence-electron chi connectivity index (χ2n) is 9.19. The van der Waals surface area contributed by atoms with E-state index in [0.717, 1.165) is 5.56 Å².